The van der Waals surface area contributed by atoms with E-state index in [1.54, 1.807) is 18.2 Å². The van der Waals surface area contributed by atoms with Crippen molar-refractivity contribution in [3.05, 3.63) is 64.7 Å². The summed E-state index contributed by atoms with van der Waals surface area (Å²) in [7, 11) is 0. The molecule has 5 rings (SSSR count). The molecule has 0 spiro atoms. The van der Waals surface area contributed by atoms with Crippen molar-refractivity contribution in [2.45, 2.75) is 23.3 Å². The van der Waals surface area contributed by atoms with E-state index >= 15 is 0 Å². The van der Waals surface area contributed by atoms with Gasteiger partial charge in [0.15, 0.2) is 11.0 Å². The van der Waals surface area contributed by atoms with Gasteiger partial charge in [0.05, 0.1) is 23.1 Å². The summed E-state index contributed by atoms with van der Waals surface area (Å²) in [5, 5.41) is 13.0. The normalized spacial score (nSPS) is 13.0. The number of nitrogens with two attached hydrogens (primary N) is 1. The first-order valence-electron chi connectivity index (χ1n) is 8.88. The van der Waals surface area contributed by atoms with Gasteiger partial charge in [-0.25, -0.2) is 4.98 Å². The maximum atomic E-state index is 10.1. The maximum Gasteiger partial charge on any atom is 0.224 e. The minimum Gasteiger partial charge on any atom is -0.507 e. The molecule has 0 radical (unpaired) electrons. The van der Waals surface area contributed by atoms with Crippen molar-refractivity contribution < 1.29 is 9.84 Å². The Labute approximate surface area is 175 Å². The zero-order chi connectivity index (χ0) is 20.0. The van der Waals surface area contributed by atoms with E-state index in [1.165, 1.54) is 11.8 Å². The predicted molar refractivity (Wildman–Crippen MR) is 113 cm³/mol. The van der Waals surface area contributed by atoms with E-state index in [0.717, 1.165) is 21.9 Å². The summed E-state index contributed by atoms with van der Waals surface area (Å²) in [5.74, 6) is 0.640. The van der Waals surface area contributed by atoms with Gasteiger partial charge in [0, 0.05) is 5.56 Å². The SMILES string of the molecule is Nc1nc(Sc2ccccc2O)nc(-c2c(Cl)cc3c4c(cccc24)COC3)n1. The fraction of sp³-hybridized carbons (Fsp3) is 0.0952. The molecule has 1 aromatic heterocycles. The molecule has 0 saturated carbocycles. The quantitative estimate of drug-likeness (QED) is 0.489. The number of para-hydroxylation sites is 1. The Kier molecular flexibility index (Phi) is 4.50. The van der Waals surface area contributed by atoms with Crippen LogP contribution in [-0.2, 0) is 18.0 Å². The minimum atomic E-state index is 0.0906. The van der Waals surface area contributed by atoms with E-state index in [1.807, 2.05) is 30.3 Å². The molecular formula is C21H15ClN4O2S. The highest BCUT2D eigenvalue weighted by molar-refractivity contribution is 7.99. The van der Waals surface area contributed by atoms with Crippen molar-refractivity contribution in [3.63, 3.8) is 0 Å². The average molecular weight is 423 g/mol. The standard InChI is InChI=1S/C21H15ClN4O2S/c22-14-8-12-10-28-9-11-4-3-5-13(17(11)12)18(14)19-24-20(23)26-21(25-19)29-16-7-2-1-6-15(16)27/h1-8,27H,9-10H2,(H2,23,24,25,26). The van der Waals surface area contributed by atoms with Crippen LogP contribution in [0.5, 0.6) is 5.75 Å². The lowest BCUT2D eigenvalue weighted by Crippen LogP contribution is -2.06. The lowest BCUT2D eigenvalue weighted by molar-refractivity contribution is 0.103. The Morgan fingerprint density at radius 3 is 2.69 bits per heavy atom. The van der Waals surface area contributed by atoms with Crippen LogP contribution in [-0.4, -0.2) is 20.1 Å². The number of benzene rings is 3. The lowest BCUT2D eigenvalue weighted by Gasteiger charge is -2.20. The Morgan fingerprint density at radius 1 is 1.00 bits per heavy atom. The van der Waals surface area contributed by atoms with Gasteiger partial charge in [0.25, 0.3) is 0 Å². The molecule has 0 aliphatic carbocycles. The highest BCUT2D eigenvalue weighted by Crippen LogP contribution is 2.40. The molecule has 0 saturated heterocycles. The molecule has 8 heteroatoms. The first kappa shape index (κ1) is 18.2. The fourth-order valence-corrected chi connectivity index (χ4v) is 4.62. The van der Waals surface area contributed by atoms with E-state index in [-0.39, 0.29) is 11.7 Å². The summed E-state index contributed by atoms with van der Waals surface area (Å²) >= 11 is 7.86. The monoisotopic (exact) mass is 422 g/mol. The number of rotatable bonds is 3. The van der Waals surface area contributed by atoms with Crippen molar-refractivity contribution in [1.29, 1.82) is 0 Å². The van der Waals surface area contributed by atoms with Crippen LogP contribution in [0.1, 0.15) is 11.1 Å². The lowest BCUT2D eigenvalue weighted by atomic mass is 9.94. The molecule has 3 aromatic carbocycles. The maximum absolute atomic E-state index is 10.1. The van der Waals surface area contributed by atoms with E-state index in [0.29, 0.717) is 39.7 Å². The van der Waals surface area contributed by atoms with Gasteiger partial charge < -0.3 is 15.6 Å². The van der Waals surface area contributed by atoms with Gasteiger partial charge in [-0.05, 0) is 51.9 Å². The number of hydrogen-bond acceptors (Lipinski definition) is 7. The van der Waals surface area contributed by atoms with E-state index < -0.39 is 0 Å². The number of ether oxygens (including phenoxy) is 1. The largest absolute Gasteiger partial charge is 0.507 e. The van der Waals surface area contributed by atoms with Crippen molar-refractivity contribution in [3.8, 4) is 17.1 Å². The fourth-order valence-electron chi connectivity index (χ4n) is 3.52. The van der Waals surface area contributed by atoms with Gasteiger partial charge in [-0.3, -0.25) is 0 Å². The Hall–Kier alpha value is -2.87. The van der Waals surface area contributed by atoms with Gasteiger partial charge in [-0.2, -0.15) is 9.97 Å². The van der Waals surface area contributed by atoms with Gasteiger partial charge in [-0.1, -0.05) is 41.9 Å². The second kappa shape index (κ2) is 7.18. The third-order valence-corrected chi connectivity index (χ3v) is 5.95. The molecule has 0 atom stereocenters. The number of phenolic OH excluding ortho intramolecular Hbond substituents is 1. The molecular weight excluding hydrogens is 408 g/mol. The van der Waals surface area contributed by atoms with Crippen LogP contribution in [0.25, 0.3) is 22.2 Å². The van der Waals surface area contributed by atoms with Crippen molar-refractivity contribution >= 4 is 40.1 Å². The topological polar surface area (TPSA) is 94.2 Å². The minimum absolute atomic E-state index is 0.0906. The zero-order valence-electron chi connectivity index (χ0n) is 15.1. The number of aromatic nitrogens is 3. The van der Waals surface area contributed by atoms with Gasteiger partial charge in [-0.15, -0.1) is 0 Å². The molecule has 3 N–H and O–H groups in total. The summed E-state index contributed by atoms with van der Waals surface area (Å²) in [6.07, 6.45) is 0. The average Bonchev–Trinajstić information content (AvgIpc) is 2.70. The molecule has 0 bridgehead atoms. The second-order valence-corrected chi connectivity index (χ2v) is 8.01. The van der Waals surface area contributed by atoms with Gasteiger partial charge >= 0.3 is 0 Å². The van der Waals surface area contributed by atoms with Crippen LogP contribution >= 0.6 is 23.4 Å². The first-order chi connectivity index (χ1) is 14.1. The van der Waals surface area contributed by atoms with Gasteiger partial charge in [0.1, 0.15) is 5.75 Å². The molecule has 29 heavy (non-hydrogen) atoms. The predicted octanol–water partition coefficient (Wildman–Crippen LogP) is 4.81. The number of hydrogen-bond donors (Lipinski definition) is 2. The smallest absolute Gasteiger partial charge is 0.224 e. The number of anilines is 1. The number of nitrogens with zero attached hydrogens (tertiary/aromatic N) is 3. The van der Waals surface area contributed by atoms with Crippen LogP contribution in [0.15, 0.2) is 58.6 Å². The molecule has 0 unspecified atom stereocenters. The number of aromatic hydroxyl groups is 1. The molecule has 1 aliphatic heterocycles. The van der Waals surface area contributed by atoms with Crippen molar-refractivity contribution in [1.82, 2.24) is 15.0 Å². The number of nitrogen functional groups attached to an aromatic ring is 1. The van der Waals surface area contributed by atoms with Crippen LogP contribution in [0.4, 0.5) is 5.95 Å². The molecule has 0 fully saturated rings. The first-order valence-corrected chi connectivity index (χ1v) is 10.1. The summed E-state index contributed by atoms with van der Waals surface area (Å²) in [5.41, 5.74) is 8.84. The molecule has 0 amide bonds. The molecule has 6 nitrogen and oxygen atoms in total. The van der Waals surface area contributed by atoms with Crippen molar-refractivity contribution in [2.75, 3.05) is 5.73 Å². The van der Waals surface area contributed by atoms with Gasteiger partial charge in [0.2, 0.25) is 5.95 Å². The molecule has 144 valence electrons. The van der Waals surface area contributed by atoms with Crippen molar-refractivity contribution in [2.24, 2.45) is 0 Å². The Balaban J connectivity index is 1.68. The summed E-state index contributed by atoms with van der Waals surface area (Å²) in [4.78, 5) is 13.8. The summed E-state index contributed by atoms with van der Waals surface area (Å²) in [6.45, 7) is 1.07. The van der Waals surface area contributed by atoms with E-state index in [4.69, 9.17) is 22.1 Å². The molecule has 2 heterocycles. The third-order valence-electron chi connectivity index (χ3n) is 4.72. The Morgan fingerprint density at radius 2 is 1.83 bits per heavy atom. The van der Waals surface area contributed by atoms with Crippen LogP contribution in [0.2, 0.25) is 5.02 Å². The number of halogens is 1. The Bertz CT molecular complexity index is 1270. The van der Waals surface area contributed by atoms with Crippen LogP contribution in [0, 0.1) is 0 Å². The molecule has 1 aliphatic rings. The van der Waals surface area contributed by atoms with E-state index in [2.05, 4.69) is 15.0 Å². The third kappa shape index (κ3) is 3.27. The van der Waals surface area contributed by atoms with Crippen LogP contribution < -0.4 is 5.73 Å². The highest BCUT2D eigenvalue weighted by atomic mass is 35.5. The summed E-state index contributed by atoms with van der Waals surface area (Å²) < 4.78 is 5.66. The van der Waals surface area contributed by atoms with Crippen LogP contribution in [0.3, 0.4) is 0 Å². The zero-order valence-corrected chi connectivity index (χ0v) is 16.7. The second-order valence-electron chi connectivity index (χ2n) is 6.59. The van der Waals surface area contributed by atoms with E-state index in [9.17, 15) is 5.11 Å². The number of phenols is 1. The highest BCUT2D eigenvalue weighted by Gasteiger charge is 2.21. The molecule has 4 aromatic rings. The summed E-state index contributed by atoms with van der Waals surface area (Å²) in [6, 6.07) is 14.9.